The van der Waals surface area contributed by atoms with Crippen LogP contribution in [0.5, 0.6) is 0 Å². The van der Waals surface area contributed by atoms with E-state index in [4.69, 9.17) is 40.5 Å². The van der Waals surface area contributed by atoms with Crippen LogP contribution in [0.1, 0.15) is 85.9 Å². The van der Waals surface area contributed by atoms with Crippen molar-refractivity contribution in [2.45, 2.75) is 76.9 Å². The number of carbonyl (C=O) groups is 6. The second kappa shape index (κ2) is 28.6. The summed E-state index contributed by atoms with van der Waals surface area (Å²) in [5, 5.41) is 11.8. The molecule has 94 heavy (non-hydrogen) atoms. The van der Waals surface area contributed by atoms with Gasteiger partial charge in [0.25, 0.3) is 12.9 Å². The number of anilines is 2. The minimum Gasteiger partial charge on any atom is -0.463 e. The SMILES string of the molecule is CCOC(=O)C1=C(CN2CCN3C(=O)N(c4ccc(C(C)(C)OC=O)cc4)C[C@@H]3C2)NC(c2nccs2)=N[C@H]1c1ccc(F)cc1Br.CCOC(=O)C1=C(CN2CCN3C(=O)N(c4ccc(C(C)(C)OC=O)cc4)C[C@@H]3C2)NC(c2nccs2)=N[C@H]1c1ccc(F)cc1Cl. The van der Waals surface area contributed by atoms with Crippen LogP contribution in [0.2, 0.25) is 5.02 Å². The number of rotatable bonds is 20. The summed E-state index contributed by atoms with van der Waals surface area (Å²) in [6.45, 7) is 16.9. The highest BCUT2D eigenvalue weighted by molar-refractivity contribution is 9.10. The Kier molecular flexibility index (Phi) is 20.4. The van der Waals surface area contributed by atoms with Crippen molar-refractivity contribution >= 4 is 110 Å². The maximum Gasteiger partial charge on any atom is 0.338 e. The normalized spacial score (nSPS) is 20.1. The molecule has 4 fully saturated rings. The number of nitrogens with one attached hydrogen (secondary N) is 2. The molecular formula is C66H68BrClF2N12O10S2. The zero-order valence-electron chi connectivity index (χ0n) is 52.2. The summed E-state index contributed by atoms with van der Waals surface area (Å²) < 4.78 is 50.1. The molecule has 4 amide bonds. The number of aliphatic imine (C=N–C) groups is 2. The van der Waals surface area contributed by atoms with Crippen molar-refractivity contribution in [3.8, 4) is 0 Å². The summed E-state index contributed by atoms with van der Waals surface area (Å²) in [7, 11) is 0. The number of piperazine rings is 2. The lowest BCUT2D eigenvalue weighted by Gasteiger charge is -2.38. The molecule has 0 spiro atoms. The monoisotopic (exact) mass is 1400 g/mol. The van der Waals surface area contributed by atoms with Crippen molar-refractivity contribution in [3.63, 3.8) is 0 Å². The number of carbonyl (C=O) groups excluding carboxylic acids is 6. The van der Waals surface area contributed by atoms with Crippen molar-refractivity contribution in [2.75, 3.05) is 88.5 Å². The van der Waals surface area contributed by atoms with Crippen LogP contribution in [-0.4, -0.2) is 169 Å². The second-order valence-electron chi connectivity index (χ2n) is 23.7. The lowest BCUT2D eigenvalue weighted by Crippen LogP contribution is -2.53. The Hall–Kier alpha value is -8.47. The number of benzene rings is 4. The lowest BCUT2D eigenvalue weighted by atomic mass is 9.95. The molecule has 4 saturated heterocycles. The number of amides is 4. The topological polar surface area (TPSA) is 233 Å². The first-order chi connectivity index (χ1) is 45.2. The number of aromatic nitrogens is 2. The number of halogens is 4. The van der Waals surface area contributed by atoms with Gasteiger partial charge in [0.2, 0.25) is 0 Å². The molecule has 12 rings (SSSR count). The number of hydrogen-bond donors (Lipinski definition) is 2. The molecule has 6 aliphatic rings. The molecule has 0 bridgehead atoms. The molecule has 4 aromatic carbocycles. The average Bonchev–Trinajstić information content (AvgIpc) is 1.30. The number of thiazole rings is 2. The van der Waals surface area contributed by atoms with Gasteiger partial charge in [0.1, 0.15) is 34.9 Å². The highest BCUT2D eigenvalue weighted by atomic mass is 79.9. The van der Waals surface area contributed by atoms with Crippen molar-refractivity contribution in [1.29, 1.82) is 0 Å². The lowest BCUT2D eigenvalue weighted by molar-refractivity contribution is -0.142. The van der Waals surface area contributed by atoms with Crippen LogP contribution in [0.3, 0.4) is 0 Å². The highest BCUT2D eigenvalue weighted by Gasteiger charge is 2.45. The predicted octanol–water partition coefficient (Wildman–Crippen LogP) is 9.87. The Labute approximate surface area is 563 Å². The van der Waals surface area contributed by atoms with Crippen molar-refractivity contribution in [1.82, 2.24) is 40.2 Å². The molecule has 2 N–H and O–H groups in total. The van der Waals surface area contributed by atoms with Crippen LogP contribution < -0.4 is 20.4 Å². The molecule has 6 aliphatic heterocycles. The van der Waals surface area contributed by atoms with Crippen LogP contribution in [0.25, 0.3) is 0 Å². The minimum absolute atomic E-state index is 0.0626. The molecule has 4 atom stereocenters. The van der Waals surface area contributed by atoms with Gasteiger partial charge >= 0.3 is 24.0 Å². The number of ether oxygens (including phenoxy) is 4. The van der Waals surface area contributed by atoms with E-state index in [9.17, 15) is 37.5 Å². The zero-order valence-corrected chi connectivity index (χ0v) is 56.2. The van der Waals surface area contributed by atoms with E-state index >= 15 is 0 Å². The van der Waals surface area contributed by atoms with E-state index in [1.165, 1.54) is 53.0 Å². The Balaban J connectivity index is 0.000000192. The summed E-state index contributed by atoms with van der Waals surface area (Å²) in [6.07, 6.45) is 3.36. The summed E-state index contributed by atoms with van der Waals surface area (Å²) in [6, 6.07) is 21.4. The van der Waals surface area contributed by atoms with Gasteiger partial charge in [-0.1, -0.05) is 63.9 Å². The van der Waals surface area contributed by atoms with Gasteiger partial charge in [-0.05, 0) is 107 Å². The third-order valence-electron chi connectivity index (χ3n) is 17.1. The summed E-state index contributed by atoms with van der Waals surface area (Å²) >= 11 is 12.8. The van der Waals surface area contributed by atoms with Crippen LogP contribution in [0, 0.1) is 11.6 Å². The van der Waals surface area contributed by atoms with E-state index in [0.717, 1.165) is 22.5 Å². The molecule has 22 nitrogen and oxygen atoms in total. The Morgan fingerprint density at radius 1 is 0.628 bits per heavy atom. The maximum absolute atomic E-state index is 14.1. The number of esters is 2. The molecular weight excluding hydrogens is 1340 g/mol. The zero-order chi connectivity index (χ0) is 66.6. The molecule has 8 heterocycles. The fourth-order valence-electron chi connectivity index (χ4n) is 12.3. The molecule has 6 aromatic rings. The van der Waals surface area contributed by atoms with E-state index in [2.05, 4.69) is 46.3 Å². The maximum atomic E-state index is 14.1. The number of urea groups is 2. The summed E-state index contributed by atoms with van der Waals surface area (Å²) in [5.74, 6) is -0.985. The highest BCUT2D eigenvalue weighted by Crippen LogP contribution is 2.41. The summed E-state index contributed by atoms with van der Waals surface area (Å²) in [5.41, 5.74) is 4.50. The third kappa shape index (κ3) is 14.3. The smallest absolute Gasteiger partial charge is 0.338 e. The number of nitrogens with zero attached hydrogens (tertiary/aromatic N) is 10. The van der Waals surface area contributed by atoms with Gasteiger partial charge in [-0.3, -0.25) is 39.2 Å². The number of amidine groups is 2. The summed E-state index contributed by atoms with van der Waals surface area (Å²) in [4.78, 5) is 106. The first-order valence-corrected chi connectivity index (χ1v) is 33.4. The van der Waals surface area contributed by atoms with Gasteiger partial charge < -0.3 is 39.4 Å². The van der Waals surface area contributed by atoms with Gasteiger partial charge in [0.15, 0.2) is 21.7 Å². The number of hydrogen-bond acceptors (Lipinski definition) is 20. The fourth-order valence-corrected chi connectivity index (χ4v) is 14.3. The second-order valence-corrected chi connectivity index (χ2v) is 26.8. The molecule has 0 saturated carbocycles. The Morgan fingerprint density at radius 3 is 1.45 bits per heavy atom. The van der Waals surface area contributed by atoms with Crippen molar-refractivity contribution < 1.29 is 56.5 Å². The first kappa shape index (κ1) is 67.0. The van der Waals surface area contributed by atoms with E-state index in [1.807, 2.05) is 82.9 Å². The van der Waals surface area contributed by atoms with Crippen LogP contribution in [0.4, 0.5) is 29.7 Å². The van der Waals surface area contributed by atoms with Gasteiger partial charge in [0.05, 0.1) is 36.4 Å². The van der Waals surface area contributed by atoms with Gasteiger partial charge in [-0.2, -0.15) is 0 Å². The van der Waals surface area contributed by atoms with Crippen LogP contribution in [-0.2, 0) is 49.3 Å². The van der Waals surface area contributed by atoms with Crippen LogP contribution >= 0.6 is 50.2 Å². The first-order valence-electron chi connectivity index (χ1n) is 30.4. The Bertz CT molecular complexity index is 3720. The fraction of sp³-hybridized carbons (Fsp3) is 0.364. The average molecular weight is 1410 g/mol. The molecule has 28 heteroatoms. The van der Waals surface area contributed by atoms with E-state index < -0.39 is 46.9 Å². The van der Waals surface area contributed by atoms with Crippen molar-refractivity contribution in [3.05, 3.63) is 184 Å². The van der Waals surface area contributed by atoms with Gasteiger partial charge in [0, 0.05) is 126 Å². The standard InChI is InChI=1S/C33H34BrFN6O5S.C33H34ClFN6O5S/c2*1-4-45-31(43)27-26(37-29(30-36-11-14-47-30)38-28(27)24-10-7-21(35)15-25(24)34)18-39-12-13-40-23(16-39)17-41(32(40)44)22-8-5-20(6-9-22)33(2,3)46-19-42/h2*5-11,14-15,19,23,28H,4,12-13,16-18H2,1-3H3,(H,37,38)/t2*23-,28-/m00/s1. The molecule has 2 aromatic heterocycles. The van der Waals surface area contributed by atoms with E-state index in [-0.39, 0.29) is 48.0 Å². The van der Waals surface area contributed by atoms with Gasteiger partial charge in [-0.15, -0.1) is 22.7 Å². The molecule has 0 unspecified atom stereocenters. The largest absolute Gasteiger partial charge is 0.463 e. The Morgan fingerprint density at radius 2 is 1.05 bits per heavy atom. The minimum atomic E-state index is -0.855. The number of fused-ring (bicyclic) bond motifs is 2. The van der Waals surface area contributed by atoms with E-state index in [0.29, 0.717) is 133 Å². The van der Waals surface area contributed by atoms with Crippen molar-refractivity contribution in [2.24, 2.45) is 9.98 Å². The van der Waals surface area contributed by atoms with Gasteiger partial charge in [-0.25, -0.2) is 37.9 Å². The predicted molar refractivity (Wildman–Crippen MR) is 354 cm³/mol. The third-order valence-corrected chi connectivity index (χ3v) is 19.7. The molecule has 0 radical (unpaired) electrons. The molecule has 0 aliphatic carbocycles. The quantitative estimate of drug-likeness (QED) is 0.0411. The van der Waals surface area contributed by atoms with E-state index in [1.54, 1.807) is 56.0 Å². The van der Waals surface area contributed by atoms with Crippen LogP contribution in [0.15, 0.2) is 145 Å². The molecule has 492 valence electrons.